The first-order valence-electron chi connectivity index (χ1n) is 9.39. The Morgan fingerprint density at radius 1 is 1.20 bits per heavy atom. The van der Waals surface area contributed by atoms with Gasteiger partial charge in [-0.05, 0) is 49.2 Å². The smallest absolute Gasteiger partial charge is 0.260 e. The molecule has 0 spiro atoms. The molecule has 1 amide bonds. The van der Waals surface area contributed by atoms with Gasteiger partial charge in [-0.2, -0.15) is 0 Å². The van der Waals surface area contributed by atoms with Gasteiger partial charge in [-0.1, -0.05) is 46.7 Å². The highest BCUT2D eigenvalue weighted by atomic mass is 35.5. The van der Waals surface area contributed by atoms with Crippen LogP contribution in [0.1, 0.15) is 27.0 Å². The Morgan fingerprint density at radius 2 is 2.03 bits per heavy atom. The van der Waals surface area contributed by atoms with Crippen LogP contribution < -0.4 is 9.64 Å². The predicted octanol–water partition coefficient (Wildman–Crippen LogP) is 5.82. The standard InChI is InChI=1S/C23H20ClN3O2S/c1-14-6-7-15(2)17(11-14)22(28)27(13-16-5-4-10-25-12-16)23-26-20-19(29-3)9-8-18(24)21(20)30-23/h4-12H,13H2,1-3H3. The van der Waals surface area contributed by atoms with Gasteiger partial charge in [0.25, 0.3) is 5.91 Å². The number of halogens is 1. The summed E-state index contributed by atoms with van der Waals surface area (Å²) in [5.41, 5.74) is 4.15. The molecule has 0 atom stereocenters. The molecule has 0 aliphatic rings. The van der Waals surface area contributed by atoms with E-state index in [-0.39, 0.29) is 5.91 Å². The number of methoxy groups -OCH3 is 1. The van der Waals surface area contributed by atoms with Crippen LogP contribution in [0.3, 0.4) is 0 Å². The summed E-state index contributed by atoms with van der Waals surface area (Å²) in [5, 5.41) is 1.14. The number of amides is 1. The zero-order valence-electron chi connectivity index (χ0n) is 16.8. The third-order valence-electron chi connectivity index (χ3n) is 4.83. The predicted molar refractivity (Wildman–Crippen MR) is 122 cm³/mol. The van der Waals surface area contributed by atoms with Crippen molar-refractivity contribution in [2.24, 2.45) is 0 Å². The molecule has 0 radical (unpaired) electrons. The number of nitrogens with zero attached hydrogens (tertiary/aromatic N) is 3. The molecule has 4 aromatic rings. The molecule has 0 saturated heterocycles. The number of carbonyl (C=O) groups is 1. The molecule has 2 aromatic carbocycles. The summed E-state index contributed by atoms with van der Waals surface area (Å²) in [6, 6.07) is 13.2. The molecule has 4 rings (SSSR count). The van der Waals surface area contributed by atoms with Crippen molar-refractivity contribution in [2.75, 3.05) is 12.0 Å². The maximum Gasteiger partial charge on any atom is 0.260 e. The SMILES string of the molecule is COc1ccc(Cl)c2sc(N(Cc3cccnc3)C(=O)c3cc(C)ccc3C)nc12. The topological polar surface area (TPSA) is 55.3 Å². The zero-order valence-corrected chi connectivity index (χ0v) is 18.4. The number of hydrogen-bond donors (Lipinski definition) is 0. The van der Waals surface area contributed by atoms with Crippen LogP contribution in [0.5, 0.6) is 5.75 Å². The number of thiazole rings is 1. The van der Waals surface area contributed by atoms with Crippen LogP contribution in [0.15, 0.2) is 54.9 Å². The fourth-order valence-corrected chi connectivity index (χ4v) is 4.49. The average molecular weight is 438 g/mol. The summed E-state index contributed by atoms with van der Waals surface area (Å²) < 4.78 is 6.23. The maximum absolute atomic E-state index is 13.6. The average Bonchev–Trinajstić information content (AvgIpc) is 3.20. The van der Waals surface area contributed by atoms with Crippen molar-refractivity contribution in [3.05, 3.63) is 82.1 Å². The Hall–Kier alpha value is -2.96. The van der Waals surface area contributed by atoms with Crippen molar-refractivity contribution < 1.29 is 9.53 Å². The zero-order chi connectivity index (χ0) is 21.3. The van der Waals surface area contributed by atoms with Crippen molar-refractivity contribution in [1.29, 1.82) is 0 Å². The van der Waals surface area contributed by atoms with Gasteiger partial charge in [-0.3, -0.25) is 14.7 Å². The number of anilines is 1. The van der Waals surface area contributed by atoms with E-state index in [9.17, 15) is 4.79 Å². The molecule has 2 aromatic heterocycles. The van der Waals surface area contributed by atoms with E-state index in [4.69, 9.17) is 21.3 Å². The molecule has 0 saturated carbocycles. The quantitative estimate of drug-likeness (QED) is 0.395. The van der Waals surface area contributed by atoms with Gasteiger partial charge in [-0.15, -0.1) is 0 Å². The van der Waals surface area contributed by atoms with E-state index >= 15 is 0 Å². The number of ether oxygens (including phenoxy) is 1. The molecule has 30 heavy (non-hydrogen) atoms. The Kier molecular flexibility index (Phi) is 5.70. The second-order valence-electron chi connectivity index (χ2n) is 6.99. The molecule has 2 heterocycles. The molecule has 5 nitrogen and oxygen atoms in total. The van der Waals surface area contributed by atoms with Crippen molar-refractivity contribution >= 4 is 44.2 Å². The number of benzene rings is 2. The fraction of sp³-hybridized carbons (Fsp3) is 0.174. The largest absolute Gasteiger partial charge is 0.494 e. The molecular formula is C23H20ClN3O2S. The molecular weight excluding hydrogens is 418 g/mol. The molecule has 0 aliphatic carbocycles. The summed E-state index contributed by atoms with van der Waals surface area (Å²) in [4.78, 5) is 24.2. The summed E-state index contributed by atoms with van der Waals surface area (Å²) in [7, 11) is 1.59. The summed E-state index contributed by atoms with van der Waals surface area (Å²) >= 11 is 7.78. The number of aromatic nitrogens is 2. The fourth-order valence-electron chi connectivity index (χ4n) is 3.23. The number of carbonyl (C=O) groups excluding carboxylic acids is 1. The molecule has 7 heteroatoms. The first-order chi connectivity index (χ1) is 14.5. The summed E-state index contributed by atoms with van der Waals surface area (Å²) in [5.74, 6) is 0.506. The number of pyridine rings is 1. The van der Waals surface area contributed by atoms with E-state index < -0.39 is 0 Å². The first kappa shape index (κ1) is 20.3. The van der Waals surface area contributed by atoms with Gasteiger partial charge >= 0.3 is 0 Å². The number of fused-ring (bicyclic) bond motifs is 1. The molecule has 0 unspecified atom stereocenters. The van der Waals surface area contributed by atoms with Crippen LogP contribution in [0.25, 0.3) is 10.2 Å². The van der Waals surface area contributed by atoms with Crippen LogP contribution in [0, 0.1) is 13.8 Å². The van der Waals surface area contributed by atoms with E-state index in [1.165, 1.54) is 11.3 Å². The monoisotopic (exact) mass is 437 g/mol. The van der Waals surface area contributed by atoms with E-state index in [1.54, 1.807) is 36.5 Å². The van der Waals surface area contributed by atoms with Gasteiger partial charge in [-0.25, -0.2) is 4.98 Å². The molecule has 0 aliphatic heterocycles. The number of rotatable bonds is 5. The molecule has 0 N–H and O–H groups in total. The van der Waals surface area contributed by atoms with E-state index in [1.807, 2.05) is 44.2 Å². The van der Waals surface area contributed by atoms with E-state index in [0.29, 0.717) is 33.5 Å². The lowest BCUT2D eigenvalue weighted by Gasteiger charge is -2.21. The summed E-state index contributed by atoms with van der Waals surface area (Å²) in [6.07, 6.45) is 3.47. The maximum atomic E-state index is 13.6. The highest BCUT2D eigenvalue weighted by Crippen LogP contribution is 2.39. The van der Waals surface area contributed by atoms with Gasteiger partial charge in [0, 0.05) is 18.0 Å². The Labute approximate surface area is 183 Å². The van der Waals surface area contributed by atoms with Crippen molar-refractivity contribution in [2.45, 2.75) is 20.4 Å². The van der Waals surface area contributed by atoms with E-state index in [0.717, 1.165) is 21.4 Å². The van der Waals surface area contributed by atoms with Gasteiger partial charge in [0.05, 0.1) is 23.4 Å². The van der Waals surface area contributed by atoms with Crippen LogP contribution in [-0.4, -0.2) is 23.0 Å². The molecule has 152 valence electrons. The van der Waals surface area contributed by atoms with Crippen LogP contribution in [-0.2, 0) is 6.54 Å². The van der Waals surface area contributed by atoms with Crippen molar-refractivity contribution in [3.63, 3.8) is 0 Å². The Morgan fingerprint density at radius 3 is 2.77 bits per heavy atom. The molecule has 0 fully saturated rings. The highest BCUT2D eigenvalue weighted by molar-refractivity contribution is 7.23. The van der Waals surface area contributed by atoms with Crippen LogP contribution in [0.4, 0.5) is 5.13 Å². The summed E-state index contributed by atoms with van der Waals surface area (Å²) in [6.45, 7) is 4.26. The second kappa shape index (κ2) is 8.42. The van der Waals surface area contributed by atoms with Crippen LogP contribution >= 0.6 is 22.9 Å². The lowest BCUT2D eigenvalue weighted by atomic mass is 10.0. The third kappa shape index (κ3) is 3.88. The van der Waals surface area contributed by atoms with Gasteiger partial charge in [0.1, 0.15) is 11.3 Å². The van der Waals surface area contributed by atoms with Crippen molar-refractivity contribution in [3.8, 4) is 5.75 Å². The van der Waals surface area contributed by atoms with Gasteiger partial charge in [0.15, 0.2) is 5.13 Å². The number of hydrogen-bond acceptors (Lipinski definition) is 5. The molecule has 0 bridgehead atoms. The number of aryl methyl sites for hydroxylation is 2. The third-order valence-corrected chi connectivity index (χ3v) is 6.37. The van der Waals surface area contributed by atoms with Crippen LogP contribution in [0.2, 0.25) is 5.02 Å². The lowest BCUT2D eigenvalue weighted by molar-refractivity contribution is 0.0984. The van der Waals surface area contributed by atoms with Gasteiger partial charge in [0.2, 0.25) is 0 Å². The second-order valence-corrected chi connectivity index (χ2v) is 8.38. The minimum absolute atomic E-state index is 0.116. The minimum atomic E-state index is -0.116. The van der Waals surface area contributed by atoms with Gasteiger partial charge < -0.3 is 4.74 Å². The van der Waals surface area contributed by atoms with E-state index in [2.05, 4.69) is 4.98 Å². The Balaban J connectivity index is 1.85. The van der Waals surface area contributed by atoms with Crippen molar-refractivity contribution in [1.82, 2.24) is 9.97 Å². The highest BCUT2D eigenvalue weighted by Gasteiger charge is 2.24. The Bertz CT molecular complexity index is 1220. The normalized spacial score (nSPS) is 10.9. The lowest BCUT2D eigenvalue weighted by Crippen LogP contribution is -2.31. The first-order valence-corrected chi connectivity index (χ1v) is 10.6. The minimum Gasteiger partial charge on any atom is -0.494 e.